The zero-order chi connectivity index (χ0) is 26.2. The first-order chi connectivity index (χ1) is 17.7. The molecule has 0 spiro atoms. The highest BCUT2D eigenvalue weighted by molar-refractivity contribution is 7.92. The van der Waals surface area contributed by atoms with Crippen LogP contribution in [0.2, 0.25) is 0 Å². The van der Waals surface area contributed by atoms with Crippen LogP contribution in [0.15, 0.2) is 72.1 Å². The molecule has 0 radical (unpaired) electrons. The molecule has 0 saturated carbocycles. The molecule has 0 saturated heterocycles. The van der Waals surface area contributed by atoms with Crippen molar-refractivity contribution in [1.29, 1.82) is 0 Å². The van der Waals surface area contributed by atoms with Gasteiger partial charge in [-0.1, -0.05) is 12.1 Å². The summed E-state index contributed by atoms with van der Waals surface area (Å²) in [6.07, 6.45) is 5.85. The summed E-state index contributed by atoms with van der Waals surface area (Å²) in [5.41, 5.74) is 5.95. The lowest BCUT2D eigenvalue weighted by Crippen LogP contribution is -2.17. The number of benzene rings is 2. The summed E-state index contributed by atoms with van der Waals surface area (Å²) in [5, 5.41) is 0.383. The number of nitrogens with two attached hydrogens (primary N) is 1. The van der Waals surface area contributed by atoms with E-state index in [1.165, 1.54) is 36.9 Å². The van der Waals surface area contributed by atoms with Gasteiger partial charge in [-0.25, -0.2) is 36.5 Å². The Labute approximate surface area is 212 Å². The zero-order valence-electron chi connectivity index (χ0n) is 18.4. The standard InChI is InChI=1S/C23H14F3N7O2S2/c24-13-4-2-5-14(25)21(13)37(34,35)33-15-6-1-3-12(18(15)26)19-20(16-7-8-30-23(27)31-16)36-22(32-19)17-11-28-9-10-29-17/h1-11,33H,(H2,27,30,31). The molecular formula is C23H14F3N7O2S2. The summed E-state index contributed by atoms with van der Waals surface area (Å²) in [5.74, 6) is -3.68. The van der Waals surface area contributed by atoms with Gasteiger partial charge in [0.1, 0.15) is 22.3 Å². The number of halogens is 3. The topological polar surface area (TPSA) is 137 Å². The Balaban J connectivity index is 1.64. The molecule has 9 nitrogen and oxygen atoms in total. The first-order valence-electron chi connectivity index (χ1n) is 10.4. The molecule has 3 aromatic heterocycles. The van der Waals surface area contributed by atoms with Crippen LogP contribution in [0.5, 0.6) is 0 Å². The van der Waals surface area contributed by atoms with Crippen LogP contribution in [0.25, 0.3) is 32.5 Å². The Hall–Kier alpha value is -4.43. The minimum Gasteiger partial charge on any atom is -0.368 e. The van der Waals surface area contributed by atoms with Gasteiger partial charge in [-0.15, -0.1) is 11.3 Å². The van der Waals surface area contributed by atoms with Crippen molar-refractivity contribution >= 4 is 33.0 Å². The van der Waals surface area contributed by atoms with Crippen molar-refractivity contribution in [2.75, 3.05) is 10.5 Å². The molecular weight excluding hydrogens is 527 g/mol. The SMILES string of the molecule is Nc1nccc(-c2sc(-c3cnccn3)nc2-c2cccc(NS(=O)(=O)c3c(F)cccc3F)c2F)n1. The van der Waals surface area contributed by atoms with E-state index in [0.717, 1.165) is 35.6 Å². The van der Waals surface area contributed by atoms with Gasteiger partial charge in [0.2, 0.25) is 5.95 Å². The van der Waals surface area contributed by atoms with Gasteiger partial charge in [-0.3, -0.25) is 14.7 Å². The third kappa shape index (κ3) is 4.71. The van der Waals surface area contributed by atoms with Gasteiger partial charge in [-0.2, -0.15) is 0 Å². The maximum absolute atomic E-state index is 15.8. The van der Waals surface area contributed by atoms with Crippen LogP contribution >= 0.6 is 11.3 Å². The molecule has 0 amide bonds. The lowest BCUT2D eigenvalue weighted by atomic mass is 10.1. The number of hydrogen-bond donors (Lipinski definition) is 2. The van der Waals surface area contributed by atoms with Crippen molar-refractivity contribution in [2.45, 2.75) is 4.90 Å². The third-order valence-electron chi connectivity index (χ3n) is 5.00. The van der Waals surface area contributed by atoms with Crippen LogP contribution in [-0.4, -0.2) is 33.3 Å². The molecule has 0 aliphatic rings. The van der Waals surface area contributed by atoms with Crippen LogP contribution in [0.3, 0.4) is 0 Å². The lowest BCUT2D eigenvalue weighted by molar-refractivity contribution is 0.521. The highest BCUT2D eigenvalue weighted by atomic mass is 32.2. The van der Waals surface area contributed by atoms with Crippen LogP contribution in [0.4, 0.5) is 24.8 Å². The monoisotopic (exact) mass is 541 g/mol. The van der Waals surface area contributed by atoms with Crippen molar-refractivity contribution in [1.82, 2.24) is 24.9 Å². The fourth-order valence-corrected chi connectivity index (χ4v) is 5.63. The van der Waals surface area contributed by atoms with E-state index in [9.17, 15) is 17.2 Å². The van der Waals surface area contributed by atoms with E-state index in [-0.39, 0.29) is 17.2 Å². The summed E-state index contributed by atoms with van der Waals surface area (Å²) in [6.45, 7) is 0. The van der Waals surface area contributed by atoms with Crippen LogP contribution < -0.4 is 10.5 Å². The van der Waals surface area contributed by atoms with Crippen LogP contribution in [0, 0.1) is 17.5 Å². The second-order valence-electron chi connectivity index (χ2n) is 7.41. The summed E-state index contributed by atoms with van der Waals surface area (Å²) in [7, 11) is -4.82. The fraction of sp³-hybridized carbons (Fsp3) is 0. The Bertz CT molecular complexity index is 1710. The number of nitrogens with zero attached hydrogens (tertiary/aromatic N) is 5. The van der Waals surface area contributed by atoms with Gasteiger partial charge in [0.25, 0.3) is 10.0 Å². The molecule has 14 heteroatoms. The Kier molecular flexibility index (Phi) is 6.27. The van der Waals surface area contributed by atoms with Gasteiger partial charge in [0.05, 0.1) is 28.1 Å². The molecule has 3 heterocycles. The quantitative estimate of drug-likeness (QED) is 0.320. The van der Waals surface area contributed by atoms with Crippen molar-refractivity contribution < 1.29 is 21.6 Å². The normalized spacial score (nSPS) is 11.4. The fourth-order valence-electron chi connectivity index (χ4n) is 3.42. The summed E-state index contributed by atoms with van der Waals surface area (Å²) in [4.78, 5) is 20.0. The molecule has 0 fully saturated rings. The number of nitrogen functional groups attached to an aromatic ring is 1. The van der Waals surface area contributed by atoms with Crippen molar-refractivity contribution in [3.05, 3.63) is 84.7 Å². The van der Waals surface area contributed by atoms with Crippen molar-refractivity contribution in [2.24, 2.45) is 0 Å². The summed E-state index contributed by atoms with van der Waals surface area (Å²) in [6, 6.07) is 8.00. The number of rotatable bonds is 6. The molecule has 0 aliphatic carbocycles. The number of nitrogens with one attached hydrogen (secondary N) is 1. The number of sulfonamides is 1. The van der Waals surface area contributed by atoms with E-state index in [4.69, 9.17) is 5.73 Å². The van der Waals surface area contributed by atoms with E-state index in [1.807, 2.05) is 4.72 Å². The molecule has 0 atom stereocenters. The highest BCUT2D eigenvalue weighted by Crippen LogP contribution is 2.41. The molecule has 5 rings (SSSR count). The Morgan fingerprint density at radius 2 is 1.62 bits per heavy atom. The number of hydrogen-bond acceptors (Lipinski definition) is 9. The average Bonchev–Trinajstić information content (AvgIpc) is 3.31. The first kappa shape index (κ1) is 24.3. The van der Waals surface area contributed by atoms with Crippen molar-refractivity contribution in [3.8, 4) is 32.5 Å². The van der Waals surface area contributed by atoms with Crippen LogP contribution in [-0.2, 0) is 10.0 Å². The predicted octanol–water partition coefficient (Wildman–Crippen LogP) is 4.52. The van der Waals surface area contributed by atoms with E-state index in [1.54, 1.807) is 6.07 Å². The van der Waals surface area contributed by atoms with E-state index in [2.05, 4.69) is 24.9 Å². The van der Waals surface area contributed by atoms with Crippen LogP contribution in [0.1, 0.15) is 0 Å². The number of aromatic nitrogens is 5. The minimum absolute atomic E-state index is 0.0215. The van der Waals surface area contributed by atoms with Gasteiger partial charge in [-0.05, 0) is 30.3 Å². The maximum atomic E-state index is 15.8. The molecule has 3 N–H and O–H groups in total. The Morgan fingerprint density at radius 3 is 2.32 bits per heavy atom. The van der Waals surface area contributed by atoms with Gasteiger partial charge < -0.3 is 5.73 Å². The van der Waals surface area contributed by atoms with E-state index < -0.39 is 38.1 Å². The molecule has 5 aromatic rings. The maximum Gasteiger partial charge on any atom is 0.267 e. The van der Waals surface area contributed by atoms with E-state index >= 15 is 4.39 Å². The largest absolute Gasteiger partial charge is 0.368 e. The highest BCUT2D eigenvalue weighted by Gasteiger charge is 2.27. The Morgan fingerprint density at radius 1 is 0.865 bits per heavy atom. The second kappa shape index (κ2) is 9.55. The first-order valence-corrected chi connectivity index (χ1v) is 12.7. The molecule has 0 unspecified atom stereocenters. The number of anilines is 2. The van der Waals surface area contributed by atoms with Gasteiger partial charge in [0, 0.05) is 24.2 Å². The molecule has 0 bridgehead atoms. The number of thiazole rings is 1. The van der Waals surface area contributed by atoms with Gasteiger partial charge in [0.15, 0.2) is 10.7 Å². The zero-order valence-corrected chi connectivity index (χ0v) is 20.1. The molecule has 2 aromatic carbocycles. The minimum atomic E-state index is -4.82. The van der Waals surface area contributed by atoms with E-state index in [0.29, 0.717) is 21.3 Å². The van der Waals surface area contributed by atoms with Crippen molar-refractivity contribution in [3.63, 3.8) is 0 Å². The lowest BCUT2D eigenvalue weighted by Gasteiger charge is -2.12. The molecule has 186 valence electrons. The second-order valence-corrected chi connectivity index (χ2v) is 10.0. The van der Waals surface area contributed by atoms with Gasteiger partial charge >= 0.3 is 0 Å². The third-order valence-corrected chi connectivity index (χ3v) is 7.52. The predicted molar refractivity (Wildman–Crippen MR) is 131 cm³/mol. The molecule has 37 heavy (non-hydrogen) atoms. The average molecular weight is 542 g/mol. The molecule has 0 aliphatic heterocycles. The smallest absolute Gasteiger partial charge is 0.267 e. The summed E-state index contributed by atoms with van der Waals surface area (Å²) >= 11 is 1.13. The summed E-state index contributed by atoms with van der Waals surface area (Å²) < 4.78 is 71.4.